The van der Waals surface area contributed by atoms with Crippen molar-refractivity contribution in [3.63, 3.8) is 0 Å². The van der Waals surface area contributed by atoms with E-state index in [0.717, 1.165) is 12.8 Å². The SMILES string of the molecule is CC.O=C(O)CCCCCCO[N+](=O)[O-]. The first-order valence-electron chi connectivity index (χ1n) is 5.12. The Morgan fingerprint density at radius 2 is 1.80 bits per heavy atom. The smallest absolute Gasteiger partial charge is 0.303 e. The largest absolute Gasteiger partial charge is 0.481 e. The molecule has 1 N–H and O–H groups in total. The zero-order valence-electron chi connectivity index (χ0n) is 9.27. The predicted molar refractivity (Wildman–Crippen MR) is 55.0 cm³/mol. The summed E-state index contributed by atoms with van der Waals surface area (Å²) in [6.07, 6.45) is 2.92. The molecule has 0 aromatic rings. The van der Waals surface area contributed by atoms with Gasteiger partial charge in [0.25, 0.3) is 5.09 Å². The Morgan fingerprint density at radius 3 is 2.27 bits per heavy atom. The van der Waals surface area contributed by atoms with Crippen LogP contribution in [-0.2, 0) is 9.63 Å². The first kappa shape index (κ1) is 16.1. The highest BCUT2D eigenvalue weighted by Crippen LogP contribution is 2.02. The first-order valence-corrected chi connectivity index (χ1v) is 5.12. The van der Waals surface area contributed by atoms with Crippen LogP contribution in [0.3, 0.4) is 0 Å². The minimum atomic E-state index is -0.822. The topological polar surface area (TPSA) is 89.7 Å². The van der Waals surface area contributed by atoms with Crippen LogP contribution in [0.15, 0.2) is 0 Å². The van der Waals surface area contributed by atoms with Gasteiger partial charge in [0.2, 0.25) is 0 Å². The van der Waals surface area contributed by atoms with E-state index < -0.39 is 11.1 Å². The van der Waals surface area contributed by atoms with Gasteiger partial charge in [-0.1, -0.05) is 26.7 Å². The van der Waals surface area contributed by atoms with Crippen LogP contribution < -0.4 is 0 Å². The quantitative estimate of drug-likeness (QED) is 0.385. The second kappa shape index (κ2) is 12.7. The van der Waals surface area contributed by atoms with Gasteiger partial charge < -0.3 is 9.94 Å². The minimum absolute atomic E-state index is 0.0973. The predicted octanol–water partition coefficient (Wildman–Crippen LogP) is 2.26. The van der Waals surface area contributed by atoms with Gasteiger partial charge in [-0.25, -0.2) is 0 Å². The Balaban J connectivity index is 0. The molecule has 0 atom stereocenters. The van der Waals surface area contributed by atoms with E-state index in [2.05, 4.69) is 4.84 Å². The van der Waals surface area contributed by atoms with Crippen molar-refractivity contribution in [3.8, 4) is 0 Å². The molecular weight excluding hydrogens is 202 g/mol. The Kier molecular flexibility index (Phi) is 13.6. The highest BCUT2D eigenvalue weighted by molar-refractivity contribution is 5.66. The van der Waals surface area contributed by atoms with E-state index in [0.29, 0.717) is 12.8 Å². The molecule has 0 aliphatic rings. The maximum Gasteiger partial charge on any atom is 0.303 e. The van der Waals surface area contributed by atoms with E-state index in [1.807, 2.05) is 13.8 Å². The van der Waals surface area contributed by atoms with E-state index in [-0.39, 0.29) is 13.0 Å². The third-order valence-electron chi connectivity index (χ3n) is 1.48. The van der Waals surface area contributed by atoms with Crippen molar-refractivity contribution in [3.05, 3.63) is 10.1 Å². The van der Waals surface area contributed by atoms with Crippen molar-refractivity contribution in [1.82, 2.24) is 0 Å². The van der Waals surface area contributed by atoms with E-state index in [4.69, 9.17) is 5.11 Å². The molecule has 0 saturated heterocycles. The summed E-state index contributed by atoms with van der Waals surface area (Å²) < 4.78 is 0. The molecule has 0 aromatic carbocycles. The summed E-state index contributed by atoms with van der Waals surface area (Å²) >= 11 is 0. The summed E-state index contributed by atoms with van der Waals surface area (Å²) in [5.41, 5.74) is 0. The molecule has 0 fully saturated rings. The average Bonchev–Trinajstić information content (AvgIpc) is 2.18. The minimum Gasteiger partial charge on any atom is -0.481 e. The maximum atomic E-state index is 10.1. The third kappa shape index (κ3) is 19.2. The number of nitrogens with zero attached hydrogens (tertiary/aromatic N) is 1. The Morgan fingerprint density at radius 1 is 1.27 bits per heavy atom. The van der Waals surface area contributed by atoms with Crippen molar-refractivity contribution in [2.24, 2.45) is 0 Å². The zero-order valence-corrected chi connectivity index (χ0v) is 9.27. The Hall–Kier alpha value is -1.33. The lowest BCUT2D eigenvalue weighted by Crippen LogP contribution is -2.02. The van der Waals surface area contributed by atoms with Crippen molar-refractivity contribution in [2.75, 3.05) is 6.61 Å². The number of carboxylic acids is 1. The summed E-state index contributed by atoms with van der Waals surface area (Å²) in [5.74, 6) is -0.804. The summed E-state index contributed by atoms with van der Waals surface area (Å²) in [6, 6.07) is 0. The summed E-state index contributed by atoms with van der Waals surface area (Å²) in [4.78, 5) is 23.8. The summed E-state index contributed by atoms with van der Waals surface area (Å²) in [6.45, 7) is 4.10. The average molecular weight is 221 g/mol. The van der Waals surface area contributed by atoms with Crippen LogP contribution in [0, 0.1) is 10.1 Å². The molecule has 6 nitrogen and oxygen atoms in total. The summed E-state index contributed by atoms with van der Waals surface area (Å²) in [7, 11) is 0. The van der Waals surface area contributed by atoms with Gasteiger partial charge in [0.05, 0.1) is 6.61 Å². The fourth-order valence-electron chi connectivity index (χ4n) is 0.871. The second-order valence-electron chi connectivity index (χ2n) is 2.61. The number of unbranched alkanes of at least 4 members (excludes halogenated alkanes) is 3. The maximum absolute atomic E-state index is 10.1. The van der Waals surface area contributed by atoms with Crippen molar-refractivity contribution < 1.29 is 19.8 Å². The van der Waals surface area contributed by atoms with Crippen LogP contribution in [-0.4, -0.2) is 22.8 Å². The van der Waals surface area contributed by atoms with E-state index in [1.165, 1.54) is 0 Å². The van der Waals surface area contributed by atoms with Gasteiger partial charge in [-0.2, -0.15) is 0 Å². The first-order chi connectivity index (χ1) is 7.13. The molecule has 0 aliphatic carbocycles. The van der Waals surface area contributed by atoms with E-state index >= 15 is 0 Å². The van der Waals surface area contributed by atoms with E-state index in [9.17, 15) is 14.9 Å². The van der Waals surface area contributed by atoms with Crippen LogP contribution in [0.1, 0.15) is 46.0 Å². The van der Waals surface area contributed by atoms with E-state index in [1.54, 1.807) is 0 Å². The van der Waals surface area contributed by atoms with Crippen molar-refractivity contribution in [1.29, 1.82) is 0 Å². The van der Waals surface area contributed by atoms with Gasteiger partial charge in [0.15, 0.2) is 0 Å². The number of carbonyl (C=O) groups is 1. The molecule has 0 heterocycles. The van der Waals surface area contributed by atoms with Crippen molar-refractivity contribution >= 4 is 5.97 Å². The lowest BCUT2D eigenvalue weighted by Gasteiger charge is -1.98. The lowest BCUT2D eigenvalue weighted by atomic mass is 10.1. The van der Waals surface area contributed by atoms with Crippen LogP contribution in [0.5, 0.6) is 0 Å². The fourth-order valence-corrected chi connectivity index (χ4v) is 0.871. The van der Waals surface area contributed by atoms with Crippen LogP contribution >= 0.6 is 0 Å². The van der Waals surface area contributed by atoms with Gasteiger partial charge in [0.1, 0.15) is 0 Å². The van der Waals surface area contributed by atoms with Crippen LogP contribution in [0.4, 0.5) is 0 Å². The molecule has 0 radical (unpaired) electrons. The molecule has 0 unspecified atom stereocenters. The highest BCUT2D eigenvalue weighted by atomic mass is 16.9. The Labute approximate surface area is 89.3 Å². The number of hydrogen-bond donors (Lipinski definition) is 1. The normalized spacial score (nSPS) is 8.67. The molecule has 90 valence electrons. The third-order valence-corrected chi connectivity index (χ3v) is 1.48. The van der Waals surface area contributed by atoms with Gasteiger partial charge in [-0.3, -0.25) is 4.79 Å². The molecule has 0 rings (SSSR count). The fraction of sp³-hybridized carbons (Fsp3) is 0.889. The number of rotatable bonds is 8. The van der Waals surface area contributed by atoms with Crippen LogP contribution in [0.2, 0.25) is 0 Å². The van der Waals surface area contributed by atoms with Gasteiger partial charge in [-0.15, -0.1) is 10.1 Å². The van der Waals surface area contributed by atoms with Crippen LogP contribution in [0.25, 0.3) is 0 Å². The summed E-state index contributed by atoms with van der Waals surface area (Å²) in [5, 5.41) is 17.1. The number of carboxylic acid groups (broad SMARTS) is 1. The molecule has 0 saturated carbocycles. The molecule has 15 heavy (non-hydrogen) atoms. The van der Waals surface area contributed by atoms with Gasteiger partial charge in [0, 0.05) is 6.42 Å². The Bertz CT molecular complexity index is 154. The zero-order chi connectivity index (χ0) is 12.1. The standard InChI is InChI=1S/C7H13NO5.C2H6/c9-7(10)5-3-1-2-4-6-13-8(11)12;1-2/h1-6H2,(H,9,10);1-2H3. The molecular formula is C9H19NO5. The van der Waals surface area contributed by atoms with Gasteiger partial charge >= 0.3 is 5.97 Å². The number of aliphatic carboxylic acids is 1. The lowest BCUT2D eigenvalue weighted by molar-refractivity contribution is -0.757. The molecule has 0 amide bonds. The molecule has 0 spiro atoms. The van der Waals surface area contributed by atoms with Crippen molar-refractivity contribution in [2.45, 2.75) is 46.0 Å². The number of hydrogen-bond acceptors (Lipinski definition) is 4. The molecule has 0 aromatic heterocycles. The second-order valence-corrected chi connectivity index (χ2v) is 2.61. The molecule has 6 heteroatoms. The molecule has 0 aliphatic heterocycles. The monoisotopic (exact) mass is 221 g/mol. The molecule has 0 bridgehead atoms. The highest BCUT2D eigenvalue weighted by Gasteiger charge is 1.97. The van der Waals surface area contributed by atoms with Gasteiger partial charge in [-0.05, 0) is 12.8 Å².